The number of benzene rings is 2. The fraction of sp³-hybridized carbons (Fsp3) is 0.278. The summed E-state index contributed by atoms with van der Waals surface area (Å²) in [4.78, 5) is 12.0. The molecule has 1 N–H and O–H groups in total. The molecule has 4 nitrogen and oxygen atoms in total. The number of thioether (sulfide) groups is 1. The van der Waals surface area contributed by atoms with Crippen molar-refractivity contribution in [1.29, 1.82) is 0 Å². The van der Waals surface area contributed by atoms with E-state index in [1.807, 2.05) is 55.5 Å². The summed E-state index contributed by atoms with van der Waals surface area (Å²) in [7, 11) is 1.59. The van der Waals surface area contributed by atoms with Gasteiger partial charge in [0.15, 0.2) is 0 Å². The Hall–Kier alpha value is -2.14. The molecule has 0 atom stereocenters. The van der Waals surface area contributed by atoms with Crippen LogP contribution in [-0.2, 0) is 4.79 Å². The fourth-order valence-electron chi connectivity index (χ4n) is 2.01. The SMILES string of the molecule is COc1ccc(C)cc1NC(=O)CSCCOc1ccccc1. The van der Waals surface area contributed by atoms with Crippen LogP contribution in [-0.4, -0.2) is 31.1 Å². The van der Waals surface area contributed by atoms with Crippen LogP contribution in [0.2, 0.25) is 0 Å². The maximum atomic E-state index is 12.0. The van der Waals surface area contributed by atoms with Crippen molar-refractivity contribution in [3.05, 3.63) is 54.1 Å². The summed E-state index contributed by atoms with van der Waals surface area (Å²) in [6.07, 6.45) is 0. The Labute approximate surface area is 141 Å². The van der Waals surface area contributed by atoms with Crippen molar-refractivity contribution in [2.24, 2.45) is 0 Å². The third kappa shape index (κ3) is 5.87. The highest BCUT2D eigenvalue weighted by Gasteiger charge is 2.08. The van der Waals surface area contributed by atoms with Crippen molar-refractivity contribution in [2.45, 2.75) is 6.92 Å². The van der Waals surface area contributed by atoms with Crippen LogP contribution in [0.15, 0.2) is 48.5 Å². The van der Waals surface area contributed by atoms with Gasteiger partial charge in [0, 0.05) is 5.75 Å². The van der Waals surface area contributed by atoms with Crippen molar-refractivity contribution < 1.29 is 14.3 Å². The maximum Gasteiger partial charge on any atom is 0.234 e. The van der Waals surface area contributed by atoms with E-state index in [-0.39, 0.29) is 5.91 Å². The van der Waals surface area contributed by atoms with Crippen molar-refractivity contribution in [3.63, 3.8) is 0 Å². The van der Waals surface area contributed by atoms with Gasteiger partial charge in [-0.1, -0.05) is 24.3 Å². The van der Waals surface area contributed by atoms with Crippen molar-refractivity contribution >= 4 is 23.4 Å². The molecule has 2 rings (SSSR count). The molecule has 23 heavy (non-hydrogen) atoms. The van der Waals surface area contributed by atoms with E-state index < -0.39 is 0 Å². The molecule has 2 aromatic rings. The predicted octanol–water partition coefficient (Wildman–Crippen LogP) is 3.75. The smallest absolute Gasteiger partial charge is 0.234 e. The van der Waals surface area contributed by atoms with Crippen LogP contribution in [0.4, 0.5) is 5.69 Å². The number of anilines is 1. The molecule has 5 heteroatoms. The van der Waals surface area contributed by atoms with Crippen LogP contribution in [0.3, 0.4) is 0 Å². The van der Waals surface area contributed by atoms with Gasteiger partial charge in [-0.2, -0.15) is 0 Å². The lowest BCUT2D eigenvalue weighted by atomic mass is 10.2. The molecule has 0 aliphatic rings. The molecule has 0 saturated heterocycles. The van der Waals surface area contributed by atoms with Crippen LogP contribution in [0.1, 0.15) is 5.56 Å². The summed E-state index contributed by atoms with van der Waals surface area (Å²) in [6, 6.07) is 15.4. The Kier molecular flexibility index (Phi) is 6.81. The summed E-state index contributed by atoms with van der Waals surface area (Å²) in [6.45, 7) is 2.56. The molecule has 0 spiro atoms. The molecule has 0 radical (unpaired) electrons. The molecular weight excluding hydrogens is 310 g/mol. The van der Waals surface area contributed by atoms with Gasteiger partial charge in [0.2, 0.25) is 5.91 Å². The Bertz CT molecular complexity index is 631. The maximum absolute atomic E-state index is 12.0. The van der Waals surface area contributed by atoms with E-state index in [0.29, 0.717) is 23.8 Å². The number of hydrogen-bond donors (Lipinski definition) is 1. The molecule has 0 heterocycles. The van der Waals surface area contributed by atoms with E-state index in [9.17, 15) is 4.79 Å². The van der Waals surface area contributed by atoms with Crippen LogP contribution in [0, 0.1) is 6.92 Å². The Balaban J connectivity index is 1.70. The summed E-state index contributed by atoms with van der Waals surface area (Å²) in [5, 5.41) is 2.89. The zero-order valence-electron chi connectivity index (χ0n) is 13.4. The van der Waals surface area contributed by atoms with Gasteiger partial charge >= 0.3 is 0 Å². The van der Waals surface area contributed by atoms with Crippen molar-refractivity contribution in [3.8, 4) is 11.5 Å². The number of carbonyl (C=O) groups is 1. The van der Waals surface area contributed by atoms with Crippen LogP contribution in [0.5, 0.6) is 11.5 Å². The topological polar surface area (TPSA) is 47.6 Å². The highest BCUT2D eigenvalue weighted by molar-refractivity contribution is 7.99. The third-order valence-corrected chi connectivity index (χ3v) is 4.02. The Morgan fingerprint density at radius 2 is 1.96 bits per heavy atom. The number of aryl methyl sites for hydroxylation is 1. The molecule has 0 bridgehead atoms. The summed E-state index contributed by atoms with van der Waals surface area (Å²) >= 11 is 1.54. The second-order valence-electron chi connectivity index (χ2n) is 4.97. The van der Waals surface area contributed by atoms with E-state index in [4.69, 9.17) is 9.47 Å². The number of rotatable bonds is 8. The molecule has 1 amide bonds. The van der Waals surface area contributed by atoms with Crippen LogP contribution < -0.4 is 14.8 Å². The van der Waals surface area contributed by atoms with E-state index >= 15 is 0 Å². The first-order valence-electron chi connectivity index (χ1n) is 7.39. The van der Waals surface area contributed by atoms with Gasteiger partial charge in [0.05, 0.1) is 25.2 Å². The van der Waals surface area contributed by atoms with Crippen LogP contribution >= 0.6 is 11.8 Å². The quantitative estimate of drug-likeness (QED) is 0.748. The zero-order valence-corrected chi connectivity index (χ0v) is 14.2. The van der Waals surface area contributed by atoms with Crippen molar-refractivity contribution in [1.82, 2.24) is 0 Å². The molecule has 0 unspecified atom stereocenters. The van der Waals surface area contributed by atoms with Gasteiger partial charge in [0.25, 0.3) is 0 Å². The molecule has 0 aliphatic heterocycles. The van der Waals surface area contributed by atoms with E-state index in [1.165, 1.54) is 11.8 Å². The minimum absolute atomic E-state index is 0.0430. The number of para-hydroxylation sites is 1. The lowest BCUT2D eigenvalue weighted by Gasteiger charge is -2.11. The molecule has 0 aliphatic carbocycles. The second-order valence-corrected chi connectivity index (χ2v) is 6.07. The molecular formula is C18H21NO3S. The van der Waals surface area contributed by atoms with E-state index in [1.54, 1.807) is 7.11 Å². The highest BCUT2D eigenvalue weighted by Crippen LogP contribution is 2.25. The molecule has 122 valence electrons. The van der Waals surface area contributed by atoms with Gasteiger partial charge in [0.1, 0.15) is 11.5 Å². The lowest BCUT2D eigenvalue weighted by molar-refractivity contribution is -0.113. The number of nitrogens with one attached hydrogen (secondary N) is 1. The van der Waals surface area contributed by atoms with Gasteiger partial charge in [-0.3, -0.25) is 4.79 Å². The average molecular weight is 331 g/mol. The number of hydrogen-bond acceptors (Lipinski definition) is 4. The average Bonchev–Trinajstić information content (AvgIpc) is 2.56. The number of carbonyl (C=O) groups excluding carboxylic acids is 1. The van der Waals surface area contributed by atoms with Gasteiger partial charge in [-0.25, -0.2) is 0 Å². The second kappa shape index (κ2) is 9.10. The van der Waals surface area contributed by atoms with Crippen molar-refractivity contribution in [2.75, 3.05) is 30.5 Å². The Morgan fingerprint density at radius 1 is 1.17 bits per heavy atom. The Morgan fingerprint density at radius 3 is 2.70 bits per heavy atom. The van der Waals surface area contributed by atoms with Gasteiger partial charge in [-0.15, -0.1) is 11.8 Å². The first kappa shape index (κ1) is 17.2. The van der Waals surface area contributed by atoms with Crippen LogP contribution in [0.25, 0.3) is 0 Å². The molecule has 0 saturated carbocycles. The number of amides is 1. The number of methoxy groups -OCH3 is 1. The molecule has 2 aromatic carbocycles. The minimum Gasteiger partial charge on any atom is -0.495 e. The molecule has 0 aromatic heterocycles. The van der Waals surface area contributed by atoms with Gasteiger partial charge in [-0.05, 0) is 36.8 Å². The predicted molar refractivity (Wildman–Crippen MR) is 95.6 cm³/mol. The standard InChI is InChI=1S/C18H21NO3S/c1-14-8-9-17(21-2)16(12-14)19-18(20)13-23-11-10-22-15-6-4-3-5-7-15/h3-9,12H,10-11,13H2,1-2H3,(H,19,20). The fourth-order valence-corrected chi connectivity index (χ4v) is 2.61. The van der Waals surface area contributed by atoms with E-state index in [0.717, 1.165) is 17.1 Å². The van der Waals surface area contributed by atoms with E-state index in [2.05, 4.69) is 5.32 Å². The normalized spacial score (nSPS) is 10.2. The lowest BCUT2D eigenvalue weighted by Crippen LogP contribution is -2.15. The molecule has 0 fully saturated rings. The number of ether oxygens (including phenoxy) is 2. The summed E-state index contributed by atoms with van der Waals surface area (Å²) in [5.41, 5.74) is 1.78. The summed E-state index contributed by atoms with van der Waals surface area (Å²) in [5.74, 6) is 2.62. The zero-order chi connectivity index (χ0) is 16.5. The third-order valence-electron chi connectivity index (χ3n) is 3.10. The summed E-state index contributed by atoms with van der Waals surface area (Å²) < 4.78 is 10.8. The highest BCUT2D eigenvalue weighted by atomic mass is 32.2. The first-order chi connectivity index (χ1) is 11.2. The first-order valence-corrected chi connectivity index (χ1v) is 8.54. The largest absolute Gasteiger partial charge is 0.495 e. The van der Waals surface area contributed by atoms with Gasteiger partial charge < -0.3 is 14.8 Å². The minimum atomic E-state index is -0.0430. The monoisotopic (exact) mass is 331 g/mol.